The van der Waals surface area contributed by atoms with Crippen LogP contribution in [0.25, 0.3) is 0 Å². The third kappa shape index (κ3) is 5.70. The monoisotopic (exact) mass is 388 g/mol. The van der Waals surface area contributed by atoms with Gasteiger partial charge in [0.1, 0.15) is 12.4 Å². The van der Waals surface area contributed by atoms with Crippen molar-refractivity contribution >= 4 is 22.9 Å². The van der Waals surface area contributed by atoms with Crippen LogP contribution >= 0.6 is 11.3 Å². The molecule has 2 aromatic rings. The van der Waals surface area contributed by atoms with E-state index >= 15 is 0 Å². The number of alkyl halides is 3. The van der Waals surface area contributed by atoms with Crippen LogP contribution in [-0.4, -0.2) is 31.2 Å². The van der Waals surface area contributed by atoms with Gasteiger partial charge >= 0.3 is 6.18 Å². The second-order valence-electron chi connectivity index (χ2n) is 5.36. The Hall–Kier alpha value is -2.13. The normalized spacial score (nSPS) is 11.4. The Kier molecular flexibility index (Phi) is 6.98. The number of ether oxygens (including phenoxy) is 2. The van der Waals surface area contributed by atoms with Crippen LogP contribution in [0.2, 0.25) is 0 Å². The molecule has 1 N–H and O–H groups in total. The highest BCUT2D eigenvalue weighted by atomic mass is 32.1. The molecule has 5 nitrogen and oxygen atoms in total. The predicted octanol–water partition coefficient (Wildman–Crippen LogP) is 3.93. The number of hydrogen-bond donors (Lipinski definition) is 1. The molecule has 0 saturated heterocycles. The van der Waals surface area contributed by atoms with E-state index < -0.39 is 17.6 Å². The van der Waals surface area contributed by atoms with Gasteiger partial charge in [-0.25, -0.2) is 4.98 Å². The van der Waals surface area contributed by atoms with Crippen molar-refractivity contribution in [1.82, 2.24) is 4.98 Å². The van der Waals surface area contributed by atoms with Crippen LogP contribution in [-0.2, 0) is 28.5 Å². The molecule has 9 heteroatoms. The van der Waals surface area contributed by atoms with Crippen molar-refractivity contribution in [1.29, 1.82) is 0 Å². The molecule has 0 spiro atoms. The first kappa shape index (κ1) is 20.2. The molecule has 1 heterocycles. The zero-order chi connectivity index (χ0) is 19.2. The summed E-state index contributed by atoms with van der Waals surface area (Å²) in [6, 6.07) is 2.95. The average Bonchev–Trinajstić information content (AvgIpc) is 3.02. The molecule has 1 aromatic heterocycles. The van der Waals surface area contributed by atoms with Gasteiger partial charge in [-0.1, -0.05) is 6.92 Å². The van der Waals surface area contributed by atoms with Crippen molar-refractivity contribution in [2.45, 2.75) is 25.9 Å². The van der Waals surface area contributed by atoms with Crippen molar-refractivity contribution in [3.8, 4) is 5.75 Å². The first-order chi connectivity index (χ1) is 12.3. The summed E-state index contributed by atoms with van der Waals surface area (Å²) in [5, 5.41) is 5.15. The van der Waals surface area contributed by atoms with E-state index in [4.69, 9.17) is 9.47 Å². The van der Waals surface area contributed by atoms with Gasteiger partial charge in [-0.2, -0.15) is 13.2 Å². The second-order valence-corrected chi connectivity index (χ2v) is 6.30. The van der Waals surface area contributed by atoms with E-state index in [1.54, 1.807) is 5.38 Å². The SMILES string of the molecule is CCc1nc(CC(=O)Nc2cc(C(F)(F)F)ccc2OCCOC)cs1. The first-order valence-electron chi connectivity index (χ1n) is 7.89. The number of anilines is 1. The van der Waals surface area contributed by atoms with Crippen molar-refractivity contribution < 1.29 is 27.4 Å². The van der Waals surface area contributed by atoms with E-state index in [1.165, 1.54) is 24.5 Å². The van der Waals surface area contributed by atoms with Gasteiger partial charge in [0, 0.05) is 12.5 Å². The lowest BCUT2D eigenvalue weighted by Gasteiger charge is -2.15. The Balaban J connectivity index is 2.16. The van der Waals surface area contributed by atoms with Crippen molar-refractivity contribution in [2.24, 2.45) is 0 Å². The van der Waals surface area contributed by atoms with Crippen LogP contribution < -0.4 is 10.1 Å². The summed E-state index contributed by atoms with van der Waals surface area (Å²) in [5.74, 6) is -0.315. The van der Waals surface area contributed by atoms with E-state index in [9.17, 15) is 18.0 Å². The van der Waals surface area contributed by atoms with Crippen LogP contribution in [0.4, 0.5) is 18.9 Å². The summed E-state index contributed by atoms with van der Waals surface area (Å²) in [6.07, 6.45) is -3.78. The van der Waals surface area contributed by atoms with Gasteiger partial charge in [-0.15, -0.1) is 11.3 Å². The molecule has 0 atom stereocenters. The Bertz CT molecular complexity index is 747. The molecule has 0 saturated carbocycles. The van der Waals surface area contributed by atoms with Crippen molar-refractivity contribution in [3.63, 3.8) is 0 Å². The van der Waals surface area contributed by atoms with E-state index in [2.05, 4.69) is 10.3 Å². The van der Waals surface area contributed by atoms with Crippen LogP contribution in [0, 0.1) is 0 Å². The average molecular weight is 388 g/mol. The maximum atomic E-state index is 13.0. The van der Waals surface area contributed by atoms with Gasteiger partial charge in [0.15, 0.2) is 0 Å². The molecule has 0 radical (unpaired) electrons. The number of carbonyl (C=O) groups excluding carboxylic acids is 1. The molecular formula is C17H19F3N2O3S. The third-order valence-corrected chi connectivity index (χ3v) is 4.41. The highest BCUT2D eigenvalue weighted by molar-refractivity contribution is 7.09. The van der Waals surface area contributed by atoms with Crippen molar-refractivity contribution in [3.05, 3.63) is 39.8 Å². The number of aryl methyl sites for hydroxylation is 1. The van der Waals surface area contributed by atoms with E-state index in [0.717, 1.165) is 23.6 Å². The van der Waals surface area contributed by atoms with Gasteiger partial charge in [-0.05, 0) is 24.6 Å². The standard InChI is InChI=1S/C17H19F3N2O3S/c1-3-16-21-12(10-26-16)9-15(23)22-13-8-11(17(18,19)20)4-5-14(13)25-7-6-24-2/h4-5,8,10H,3,6-7,9H2,1-2H3,(H,22,23). The second kappa shape index (κ2) is 9.00. The fourth-order valence-electron chi connectivity index (χ4n) is 2.12. The Morgan fingerprint density at radius 3 is 2.69 bits per heavy atom. The van der Waals surface area contributed by atoms with Gasteiger partial charge < -0.3 is 14.8 Å². The fourth-order valence-corrected chi connectivity index (χ4v) is 2.86. The first-order valence-corrected chi connectivity index (χ1v) is 8.77. The molecular weight excluding hydrogens is 369 g/mol. The lowest BCUT2D eigenvalue weighted by atomic mass is 10.1. The minimum Gasteiger partial charge on any atom is -0.489 e. The van der Waals surface area contributed by atoms with Gasteiger partial charge in [0.25, 0.3) is 0 Å². The minimum absolute atomic E-state index is 0.0236. The number of thiazole rings is 1. The molecule has 1 aromatic carbocycles. The number of hydrogen-bond acceptors (Lipinski definition) is 5. The topological polar surface area (TPSA) is 60.5 Å². The van der Waals surface area contributed by atoms with E-state index in [1.807, 2.05) is 6.92 Å². The molecule has 0 bridgehead atoms. The number of methoxy groups -OCH3 is 1. The molecule has 0 aliphatic heterocycles. The molecule has 142 valence electrons. The number of nitrogens with zero attached hydrogens (tertiary/aromatic N) is 1. The van der Waals surface area contributed by atoms with Gasteiger partial charge in [0.2, 0.25) is 5.91 Å². The summed E-state index contributed by atoms with van der Waals surface area (Å²) in [7, 11) is 1.48. The largest absolute Gasteiger partial charge is 0.489 e. The Morgan fingerprint density at radius 2 is 2.08 bits per heavy atom. The van der Waals surface area contributed by atoms with Crippen molar-refractivity contribution in [2.75, 3.05) is 25.6 Å². The van der Waals surface area contributed by atoms with E-state index in [-0.39, 0.29) is 31.1 Å². The number of carbonyl (C=O) groups is 1. The molecule has 0 unspecified atom stereocenters. The van der Waals surface area contributed by atoms with Crippen LogP contribution in [0.15, 0.2) is 23.6 Å². The molecule has 0 aliphatic rings. The number of aromatic nitrogens is 1. The van der Waals surface area contributed by atoms with Crippen LogP contribution in [0.3, 0.4) is 0 Å². The number of amides is 1. The van der Waals surface area contributed by atoms with Gasteiger partial charge in [0.05, 0.1) is 35.0 Å². The fraction of sp³-hybridized carbons (Fsp3) is 0.412. The number of rotatable bonds is 8. The third-order valence-electron chi connectivity index (χ3n) is 3.37. The Labute approximate surface area is 153 Å². The molecule has 0 aliphatic carbocycles. The summed E-state index contributed by atoms with van der Waals surface area (Å²) >= 11 is 1.44. The zero-order valence-electron chi connectivity index (χ0n) is 14.4. The van der Waals surface area contributed by atoms with Gasteiger partial charge in [-0.3, -0.25) is 4.79 Å². The maximum Gasteiger partial charge on any atom is 0.416 e. The van der Waals surface area contributed by atoms with Crippen LogP contribution in [0.1, 0.15) is 23.2 Å². The number of halogens is 3. The predicted molar refractivity (Wildman–Crippen MR) is 92.6 cm³/mol. The van der Waals surface area contributed by atoms with E-state index in [0.29, 0.717) is 5.69 Å². The summed E-state index contributed by atoms with van der Waals surface area (Å²) in [5.41, 5.74) is -0.320. The zero-order valence-corrected chi connectivity index (χ0v) is 15.2. The molecule has 1 amide bonds. The smallest absolute Gasteiger partial charge is 0.416 e. The molecule has 26 heavy (non-hydrogen) atoms. The summed E-state index contributed by atoms with van der Waals surface area (Å²) < 4.78 is 49.1. The minimum atomic E-state index is -4.52. The summed E-state index contributed by atoms with van der Waals surface area (Å²) in [6.45, 7) is 2.37. The highest BCUT2D eigenvalue weighted by Gasteiger charge is 2.31. The lowest BCUT2D eigenvalue weighted by molar-refractivity contribution is -0.137. The molecule has 0 fully saturated rings. The Morgan fingerprint density at radius 1 is 1.31 bits per heavy atom. The number of benzene rings is 1. The summed E-state index contributed by atoms with van der Waals surface area (Å²) in [4.78, 5) is 16.5. The number of nitrogens with one attached hydrogen (secondary N) is 1. The highest BCUT2D eigenvalue weighted by Crippen LogP contribution is 2.35. The molecule has 2 rings (SSSR count). The lowest BCUT2D eigenvalue weighted by Crippen LogP contribution is -2.17. The van der Waals surface area contributed by atoms with Crippen LogP contribution in [0.5, 0.6) is 5.75 Å². The quantitative estimate of drug-likeness (QED) is 0.696. The maximum absolute atomic E-state index is 13.0.